The van der Waals surface area contributed by atoms with E-state index in [9.17, 15) is 9.59 Å². The van der Waals surface area contributed by atoms with E-state index in [4.69, 9.17) is 0 Å². The molecule has 1 aliphatic rings. The number of carbonyl (C=O) groups excluding carboxylic acids is 2. The van der Waals surface area contributed by atoms with Crippen LogP contribution in [0.3, 0.4) is 0 Å². The Bertz CT molecular complexity index is 1440. The first-order valence-electron chi connectivity index (χ1n) is 9.16. The fourth-order valence-electron chi connectivity index (χ4n) is 3.88. The van der Waals surface area contributed by atoms with Crippen molar-refractivity contribution in [3.8, 4) is 5.00 Å². The second-order valence-electron chi connectivity index (χ2n) is 7.04. The van der Waals surface area contributed by atoms with Crippen LogP contribution in [0, 0.1) is 0 Å². The van der Waals surface area contributed by atoms with Crippen LogP contribution in [-0.2, 0) is 0 Å². The van der Waals surface area contributed by atoms with E-state index in [1.54, 1.807) is 28.7 Å². The average Bonchev–Trinajstić information content (AvgIpc) is 3.50. The van der Waals surface area contributed by atoms with Crippen molar-refractivity contribution >= 4 is 62.0 Å². The Morgan fingerprint density at radius 1 is 0.793 bits per heavy atom. The topological polar surface area (TPSA) is 39.1 Å². The summed E-state index contributed by atoms with van der Waals surface area (Å²) in [7, 11) is 0. The van der Waals surface area contributed by atoms with E-state index in [1.165, 1.54) is 5.39 Å². The van der Waals surface area contributed by atoms with E-state index < -0.39 is 0 Å². The molecule has 0 bridgehead atoms. The highest BCUT2D eigenvalue weighted by atomic mass is 32.1. The molecule has 0 fully saturated rings. The molecule has 0 radical (unpaired) electrons. The van der Waals surface area contributed by atoms with Crippen LogP contribution >= 0.6 is 22.7 Å². The Morgan fingerprint density at radius 3 is 2.28 bits per heavy atom. The number of fused-ring (bicyclic) bond motifs is 3. The van der Waals surface area contributed by atoms with E-state index >= 15 is 0 Å². The predicted octanol–water partition coefficient (Wildman–Crippen LogP) is 6.37. The zero-order valence-corrected chi connectivity index (χ0v) is 16.7. The zero-order valence-electron chi connectivity index (χ0n) is 15.1. The highest BCUT2D eigenvalue weighted by Gasteiger charge is 2.33. The van der Waals surface area contributed by atoms with Crippen LogP contribution in [0.15, 0.2) is 77.1 Å². The number of thiophene rings is 2. The number of nitrogens with zero attached hydrogens (tertiary/aromatic N) is 1. The van der Waals surface area contributed by atoms with Gasteiger partial charge in [0.2, 0.25) is 0 Å². The summed E-state index contributed by atoms with van der Waals surface area (Å²) < 4.78 is 2.13. The van der Waals surface area contributed by atoms with Gasteiger partial charge in [-0.25, -0.2) is 0 Å². The molecule has 0 saturated heterocycles. The molecule has 3 nitrogen and oxygen atoms in total. The van der Waals surface area contributed by atoms with Gasteiger partial charge in [-0.3, -0.25) is 9.59 Å². The minimum atomic E-state index is -0.181. The first kappa shape index (κ1) is 16.7. The number of aromatic nitrogens is 1. The summed E-state index contributed by atoms with van der Waals surface area (Å²) in [5, 5.41) is 8.25. The largest absolute Gasteiger partial charge is 0.308 e. The van der Waals surface area contributed by atoms with Crippen molar-refractivity contribution in [1.82, 2.24) is 4.57 Å². The van der Waals surface area contributed by atoms with Crippen LogP contribution in [0.1, 0.15) is 25.6 Å². The molecule has 3 aromatic heterocycles. The maximum atomic E-state index is 12.9. The molecule has 2 aromatic carbocycles. The van der Waals surface area contributed by atoms with Crippen molar-refractivity contribution in [1.29, 1.82) is 0 Å². The number of rotatable bonds is 2. The van der Waals surface area contributed by atoms with Crippen molar-refractivity contribution in [3.05, 3.63) is 93.1 Å². The molecule has 0 saturated carbocycles. The van der Waals surface area contributed by atoms with Gasteiger partial charge < -0.3 is 4.57 Å². The second kappa shape index (κ2) is 6.11. The van der Waals surface area contributed by atoms with Crippen molar-refractivity contribution in [2.75, 3.05) is 0 Å². The minimum Gasteiger partial charge on any atom is -0.308 e. The maximum absolute atomic E-state index is 12.9. The highest BCUT2D eigenvalue weighted by molar-refractivity contribution is 7.15. The lowest BCUT2D eigenvalue weighted by atomic mass is 10.1. The quantitative estimate of drug-likeness (QED) is 0.250. The summed E-state index contributed by atoms with van der Waals surface area (Å²) in [5.41, 5.74) is 2.41. The summed E-state index contributed by atoms with van der Waals surface area (Å²) >= 11 is 3.14. The summed E-state index contributed by atoms with van der Waals surface area (Å²) in [4.78, 5) is 26.7. The number of ketones is 2. The van der Waals surface area contributed by atoms with Gasteiger partial charge >= 0.3 is 0 Å². The average molecular weight is 412 g/mol. The first-order valence-corrected chi connectivity index (χ1v) is 10.9. The lowest BCUT2D eigenvalue weighted by Crippen LogP contribution is -1.99. The van der Waals surface area contributed by atoms with Gasteiger partial charge in [-0.05, 0) is 69.4 Å². The van der Waals surface area contributed by atoms with Crippen molar-refractivity contribution in [2.24, 2.45) is 0 Å². The highest BCUT2D eigenvalue weighted by Crippen LogP contribution is 2.34. The molecule has 29 heavy (non-hydrogen) atoms. The van der Waals surface area contributed by atoms with E-state index in [1.807, 2.05) is 53.4 Å². The van der Waals surface area contributed by atoms with Gasteiger partial charge in [-0.15, -0.1) is 11.3 Å². The standard InChI is InChI=1S/C24H13NO2S2/c26-23-18-9-15-12-28-13-16(15)10-19(18)24(27)20(23)11-17-5-6-22(29-17)25-8-7-14-3-1-2-4-21(14)25/h1-13H. The molecule has 0 unspecified atom stereocenters. The molecule has 6 rings (SSSR count). The smallest absolute Gasteiger partial charge is 0.197 e. The molecule has 5 heteroatoms. The van der Waals surface area contributed by atoms with Crippen molar-refractivity contribution in [3.63, 3.8) is 0 Å². The normalized spacial score (nSPS) is 13.6. The van der Waals surface area contributed by atoms with Crippen LogP contribution < -0.4 is 0 Å². The number of carbonyl (C=O) groups is 2. The molecule has 0 atom stereocenters. The molecular formula is C24H13NO2S2. The zero-order chi connectivity index (χ0) is 19.5. The summed E-state index contributed by atoms with van der Waals surface area (Å²) in [5.74, 6) is -0.362. The second-order valence-corrected chi connectivity index (χ2v) is 8.87. The molecule has 1 aliphatic carbocycles. The number of hydrogen-bond acceptors (Lipinski definition) is 4. The fourth-order valence-corrected chi connectivity index (χ4v) is 5.60. The van der Waals surface area contributed by atoms with E-state index in [0.29, 0.717) is 11.1 Å². The van der Waals surface area contributed by atoms with Gasteiger partial charge in [0.25, 0.3) is 0 Å². The Hall–Kier alpha value is -3.28. The first-order chi connectivity index (χ1) is 14.2. The van der Waals surface area contributed by atoms with E-state index in [2.05, 4.69) is 22.8 Å². The van der Waals surface area contributed by atoms with Crippen LogP contribution in [0.25, 0.3) is 32.8 Å². The molecule has 0 amide bonds. The van der Waals surface area contributed by atoms with Gasteiger partial charge in [0, 0.05) is 22.2 Å². The minimum absolute atomic E-state index is 0.181. The van der Waals surface area contributed by atoms with Gasteiger partial charge in [0.15, 0.2) is 11.6 Å². The number of benzene rings is 2. The molecular weight excluding hydrogens is 398 g/mol. The maximum Gasteiger partial charge on any atom is 0.197 e. The fraction of sp³-hybridized carbons (Fsp3) is 0. The van der Waals surface area contributed by atoms with Gasteiger partial charge in [0.1, 0.15) is 5.00 Å². The summed E-state index contributed by atoms with van der Waals surface area (Å²) in [6, 6.07) is 18.0. The number of allylic oxidation sites excluding steroid dienone is 1. The monoisotopic (exact) mass is 411 g/mol. The van der Waals surface area contributed by atoms with Crippen LogP contribution in [0.5, 0.6) is 0 Å². The third-order valence-corrected chi connectivity index (χ3v) is 7.14. The Kier molecular flexibility index (Phi) is 3.51. The van der Waals surface area contributed by atoms with Crippen LogP contribution in [-0.4, -0.2) is 16.1 Å². The molecule has 0 aliphatic heterocycles. The molecule has 0 N–H and O–H groups in total. The summed E-state index contributed by atoms with van der Waals surface area (Å²) in [6.07, 6.45) is 3.78. The van der Waals surface area contributed by atoms with Crippen molar-refractivity contribution in [2.45, 2.75) is 0 Å². The summed E-state index contributed by atoms with van der Waals surface area (Å²) in [6.45, 7) is 0. The Labute approximate surface area is 174 Å². The SMILES string of the molecule is O=C1C(=Cc2ccc(-n3ccc4ccccc43)s2)C(=O)c2cc3cscc3cc21. The molecule has 138 valence electrons. The Morgan fingerprint density at radius 2 is 1.52 bits per heavy atom. The van der Waals surface area contributed by atoms with Crippen LogP contribution in [0.2, 0.25) is 0 Å². The third-order valence-electron chi connectivity index (χ3n) is 5.33. The van der Waals surface area contributed by atoms with Gasteiger partial charge in [-0.1, -0.05) is 18.2 Å². The predicted molar refractivity (Wildman–Crippen MR) is 120 cm³/mol. The number of Topliss-reactive ketones (excluding diaryl/α,β-unsaturated/α-hetero) is 2. The number of para-hydroxylation sites is 1. The van der Waals surface area contributed by atoms with Gasteiger partial charge in [-0.2, -0.15) is 11.3 Å². The van der Waals surface area contributed by atoms with Crippen molar-refractivity contribution < 1.29 is 9.59 Å². The molecule has 3 heterocycles. The third kappa shape index (κ3) is 2.48. The molecule has 5 aromatic rings. The lowest BCUT2D eigenvalue weighted by Gasteiger charge is -2.00. The van der Waals surface area contributed by atoms with E-state index in [0.717, 1.165) is 26.2 Å². The number of hydrogen-bond donors (Lipinski definition) is 0. The van der Waals surface area contributed by atoms with Gasteiger partial charge in [0.05, 0.1) is 11.1 Å². The Balaban J connectivity index is 1.41. The van der Waals surface area contributed by atoms with E-state index in [-0.39, 0.29) is 17.1 Å². The van der Waals surface area contributed by atoms with Crippen LogP contribution in [0.4, 0.5) is 0 Å². The molecule has 0 spiro atoms. The lowest BCUT2D eigenvalue weighted by molar-refractivity contribution is 0.0990.